The van der Waals surface area contributed by atoms with Gasteiger partial charge in [0.2, 0.25) is 4.77 Å². The van der Waals surface area contributed by atoms with E-state index < -0.39 is 9.84 Å². The molecule has 0 aliphatic rings. The Hall–Kier alpha value is -1.47. The molecule has 7 heteroatoms. The summed E-state index contributed by atoms with van der Waals surface area (Å²) in [7, 11) is -3.28. The summed E-state index contributed by atoms with van der Waals surface area (Å²) in [5.41, 5.74) is 0.529. The Morgan fingerprint density at radius 3 is 2.59 bits per heavy atom. The van der Waals surface area contributed by atoms with Crippen LogP contribution in [0.2, 0.25) is 0 Å². The summed E-state index contributed by atoms with van der Waals surface area (Å²) < 4.78 is 24.1. The third-order valence-corrected chi connectivity index (χ3v) is 4.34. The van der Waals surface area contributed by atoms with Crippen LogP contribution in [-0.2, 0) is 9.84 Å². The maximum atomic E-state index is 11.9. The van der Waals surface area contributed by atoms with Gasteiger partial charge in [-0.15, -0.1) is 0 Å². The molecule has 0 spiro atoms. The Labute approximate surface area is 104 Å². The van der Waals surface area contributed by atoms with Crippen LogP contribution >= 0.6 is 12.2 Å². The topological polar surface area (TPSA) is 78.6 Å². The van der Waals surface area contributed by atoms with Crippen molar-refractivity contribution in [1.29, 1.82) is 0 Å². The zero-order chi connectivity index (χ0) is 12.5. The summed E-state index contributed by atoms with van der Waals surface area (Å²) in [4.78, 5) is 4.29. The third kappa shape index (κ3) is 2.29. The van der Waals surface area contributed by atoms with Gasteiger partial charge in [-0.2, -0.15) is 4.98 Å². The molecule has 2 aromatic rings. The van der Waals surface area contributed by atoms with E-state index in [1.54, 1.807) is 31.2 Å². The molecule has 0 saturated heterocycles. The average molecular weight is 269 g/mol. The summed E-state index contributed by atoms with van der Waals surface area (Å²) in [5.74, 6) is 0.484. The van der Waals surface area contributed by atoms with E-state index in [1.165, 1.54) is 0 Å². The highest BCUT2D eigenvalue weighted by atomic mass is 32.2. The van der Waals surface area contributed by atoms with Gasteiger partial charge in [0.1, 0.15) is 0 Å². The maximum Gasteiger partial charge on any atom is 0.213 e. The Balaban J connectivity index is 2.68. The zero-order valence-electron chi connectivity index (χ0n) is 9.10. The molecule has 0 fully saturated rings. The van der Waals surface area contributed by atoms with Crippen molar-refractivity contribution < 1.29 is 8.42 Å². The van der Waals surface area contributed by atoms with Gasteiger partial charge in [-0.25, -0.2) is 8.42 Å². The average Bonchev–Trinajstić information content (AvgIpc) is 2.76. The van der Waals surface area contributed by atoms with Crippen LogP contribution in [0.25, 0.3) is 11.4 Å². The van der Waals surface area contributed by atoms with Crippen LogP contribution in [0.5, 0.6) is 0 Å². The molecule has 1 aromatic heterocycles. The standard InChI is InChI=1S/C10H11N3O2S2/c1-2-17(14,15)8-6-4-3-5-7(8)9-11-10(16)13-12-9/h3-6H,2H2,1H3,(H2,11,12,13,16). The van der Waals surface area contributed by atoms with Crippen molar-refractivity contribution in [3.8, 4) is 11.4 Å². The van der Waals surface area contributed by atoms with Crippen LogP contribution in [-0.4, -0.2) is 29.4 Å². The number of aromatic nitrogens is 3. The van der Waals surface area contributed by atoms with Gasteiger partial charge in [0.25, 0.3) is 0 Å². The minimum Gasteiger partial charge on any atom is -0.282 e. The highest BCUT2D eigenvalue weighted by Crippen LogP contribution is 2.24. The van der Waals surface area contributed by atoms with E-state index in [-0.39, 0.29) is 10.6 Å². The normalized spacial score (nSPS) is 11.6. The molecule has 2 rings (SSSR count). The smallest absolute Gasteiger partial charge is 0.213 e. The first-order valence-corrected chi connectivity index (χ1v) is 7.07. The fraction of sp³-hybridized carbons (Fsp3) is 0.200. The largest absolute Gasteiger partial charge is 0.282 e. The number of nitrogens with one attached hydrogen (secondary N) is 2. The zero-order valence-corrected chi connectivity index (χ0v) is 10.7. The predicted octanol–water partition coefficient (Wildman–Crippen LogP) is 1.93. The first-order chi connectivity index (χ1) is 8.04. The number of benzene rings is 1. The highest BCUT2D eigenvalue weighted by Gasteiger charge is 2.18. The van der Waals surface area contributed by atoms with Crippen molar-refractivity contribution in [3.63, 3.8) is 0 Å². The number of H-pyrrole nitrogens is 2. The van der Waals surface area contributed by atoms with Crippen LogP contribution < -0.4 is 0 Å². The molecule has 0 saturated carbocycles. The molecule has 0 aliphatic heterocycles. The van der Waals surface area contributed by atoms with E-state index in [9.17, 15) is 8.42 Å². The van der Waals surface area contributed by atoms with Gasteiger partial charge in [0.15, 0.2) is 15.7 Å². The van der Waals surface area contributed by atoms with Gasteiger partial charge >= 0.3 is 0 Å². The molecule has 0 bridgehead atoms. The van der Waals surface area contributed by atoms with Gasteiger partial charge in [0.05, 0.1) is 10.6 Å². The van der Waals surface area contributed by atoms with Crippen LogP contribution in [0.1, 0.15) is 6.92 Å². The lowest BCUT2D eigenvalue weighted by Crippen LogP contribution is -2.05. The van der Waals surface area contributed by atoms with Crippen LogP contribution in [0.15, 0.2) is 29.2 Å². The summed E-state index contributed by atoms with van der Waals surface area (Å²) >= 11 is 4.85. The van der Waals surface area contributed by atoms with Crippen molar-refractivity contribution in [2.24, 2.45) is 0 Å². The third-order valence-electron chi connectivity index (χ3n) is 2.36. The van der Waals surface area contributed by atoms with E-state index in [1.807, 2.05) is 0 Å². The van der Waals surface area contributed by atoms with Gasteiger partial charge in [-0.3, -0.25) is 10.2 Å². The second-order valence-corrected chi connectivity index (χ2v) is 6.05. The fourth-order valence-electron chi connectivity index (χ4n) is 1.49. The molecule has 0 unspecified atom stereocenters. The molecule has 5 nitrogen and oxygen atoms in total. The number of rotatable bonds is 3. The summed E-state index contributed by atoms with van der Waals surface area (Å²) in [6.45, 7) is 1.61. The number of hydrogen-bond donors (Lipinski definition) is 2. The number of hydrogen-bond acceptors (Lipinski definition) is 4. The van der Waals surface area contributed by atoms with Gasteiger partial charge in [0, 0.05) is 5.56 Å². The van der Waals surface area contributed by atoms with Gasteiger partial charge in [-0.1, -0.05) is 19.1 Å². The molecule has 0 aliphatic carbocycles. The van der Waals surface area contributed by atoms with Crippen LogP contribution in [0.4, 0.5) is 0 Å². The SMILES string of the molecule is CCS(=O)(=O)c1ccccc1-c1nc(=S)[nH][nH]1. The van der Waals surface area contributed by atoms with Gasteiger partial charge in [-0.05, 0) is 24.4 Å². The molecule has 1 heterocycles. The van der Waals surface area contributed by atoms with Crippen molar-refractivity contribution in [1.82, 2.24) is 15.2 Å². The van der Waals surface area contributed by atoms with Crippen molar-refractivity contribution in [2.45, 2.75) is 11.8 Å². The molecule has 0 atom stereocenters. The maximum absolute atomic E-state index is 11.9. The van der Waals surface area contributed by atoms with E-state index in [2.05, 4.69) is 15.2 Å². The molecule has 0 radical (unpaired) electrons. The fourth-order valence-corrected chi connectivity index (χ4v) is 2.73. The second-order valence-electron chi connectivity index (χ2n) is 3.42. The lowest BCUT2D eigenvalue weighted by molar-refractivity contribution is 0.597. The molecular formula is C10H11N3O2S2. The molecule has 1 aromatic carbocycles. The molecule has 17 heavy (non-hydrogen) atoms. The Morgan fingerprint density at radius 1 is 1.29 bits per heavy atom. The van der Waals surface area contributed by atoms with Crippen LogP contribution in [0.3, 0.4) is 0 Å². The summed E-state index contributed by atoms with van der Waals surface area (Å²) in [5, 5.41) is 5.40. The minimum atomic E-state index is -3.28. The lowest BCUT2D eigenvalue weighted by Gasteiger charge is -2.06. The van der Waals surface area contributed by atoms with Crippen molar-refractivity contribution in [2.75, 3.05) is 5.75 Å². The number of aromatic amines is 2. The summed E-state index contributed by atoms with van der Waals surface area (Å²) in [6.07, 6.45) is 0. The molecule has 90 valence electrons. The van der Waals surface area contributed by atoms with E-state index in [0.29, 0.717) is 16.2 Å². The minimum absolute atomic E-state index is 0.0508. The van der Waals surface area contributed by atoms with Crippen LogP contribution in [0, 0.1) is 4.77 Å². The predicted molar refractivity (Wildman–Crippen MR) is 66.9 cm³/mol. The monoisotopic (exact) mass is 269 g/mol. The highest BCUT2D eigenvalue weighted by molar-refractivity contribution is 7.91. The molecule has 2 N–H and O–H groups in total. The first-order valence-electron chi connectivity index (χ1n) is 5.01. The Morgan fingerprint density at radius 2 is 2.00 bits per heavy atom. The lowest BCUT2D eigenvalue weighted by atomic mass is 10.2. The van der Waals surface area contributed by atoms with Gasteiger partial charge < -0.3 is 0 Å². The summed E-state index contributed by atoms with van der Waals surface area (Å²) in [6, 6.07) is 6.71. The van der Waals surface area contributed by atoms with Crippen molar-refractivity contribution in [3.05, 3.63) is 29.0 Å². The quantitative estimate of drug-likeness (QED) is 0.834. The molecular weight excluding hydrogens is 258 g/mol. The molecule has 0 amide bonds. The second kappa shape index (κ2) is 4.42. The first kappa shape index (κ1) is 12.0. The Kier molecular flexibility index (Phi) is 3.12. The van der Waals surface area contributed by atoms with Crippen molar-refractivity contribution >= 4 is 22.1 Å². The Bertz CT molecular complexity index is 685. The number of nitrogens with zero attached hydrogens (tertiary/aromatic N) is 1. The van der Waals surface area contributed by atoms with E-state index in [0.717, 1.165) is 0 Å². The van der Waals surface area contributed by atoms with E-state index in [4.69, 9.17) is 12.2 Å². The number of sulfone groups is 1. The van der Waals surface area contributed by atoms with E-state index >= 15 is 0 Å².